The fourth-order valence-corrected chi connectivity index (χ4v) is 3.62. The number of nitrogens with zero attached hydrogens (tertiary/aromatic N) is 4. The van der Waals surface area contributed by atoms with E-state index in [9.17, 15) is 4.79 Å². The minimum absolute atomic E-state index is 0.0969. The van der Waals surface area contributed by atoms with Gasteiger partial charge in [0.2, 0.25) is 0 Å². The van der Waals surface area contributed by atoms with Gasteiger partial charge in [0.1, 0.15) is 5.71 Å². The molecule has 1 aliphatic carbocycles. The van der Waals surface area contributed by atoms with Crippen LogP contribution in [0.2, 0.25) is 0 Å². The van der Waals surface area contributed by atoms with Crippen molar-refractivity contribution < 1.29 is 4.79 Å². The number of fused-ring (bicyclic) bond motifs is 1. The van der Waals surface area contributed by atoms with E-state index >= 15 is 0 Å². The largest absolute Gasteiger partial charge is 0.272 e. The van der Waals surface area contributed by atoms with Crippen LogP contribution in [0.25, 0.3) is 0 Å². The Hall–Kier alpha value is -2.30. The number of allylic oxidation sites excluding steroid dienone is 1. The topological polar surface area (TPSA) is 57.9 Å². The highest BCUT2D eigenvalue weighted by molar-refractivity contribution is 6.52. The van der Waals surface area contributed by atoms with E-state index in [0.717, 1.165) is 30.0 Å². The van der Waals surface area contributed by atoms with Gasteiger partial charge >= 0.3 is 0 Å². The lowest BCUT2D eigenvalue weighted by Gasteiger charge is -2.37. The molecule has 5 nitrogen and oxygen atoms in total. The highest BCUT2D eigenvalue weighted by Crippen LogP contribution is 2.30. The molecule has 0 radical (unpaired) electrons. The molecule has 1 atom stereocenters. The van der Waals surface area contributed by atoms with E-state index in [1.165, 1.54) is 19.3 Å². The Labute approximate surface area is 135 Å². The molecule has 5 heteroatoms. The molecule has 3 aliphatic rings. The molecule has 0 spiro atoms. The van der Waals surface area contributed by atoms with Gasteiger partial charge in [-0.3, -0.25) is 14.8 Å². The average Bonchev–Trinajstić information content (AvgIpc) is 2.64. The maximum absolute atomic E-state index is 12.9. The number of aromatic nitrogens is 1. The van der Waals surface area contributed by atoms with Crippen LogP contribution < -0.4 is 0 Å². The van der Waals surface area contributed by atoms with Crippen LogP contribution >= 0.6 is 0 Å². The fraction of sp³-hybridized carbons (Fsp3) is 0.444. The summed E-state index contributed by atoms with van der Waals surface area (Å²) in [6, 6.07) is 5.99. The Balaban J connectivity index is 1.77. The number of hydrazone groups is 1. The summed E-state index contributed by atoms with van der Waals surface area (Å²) in [5.41, 5.74) is 2.31. The first-order valence-corrected chi connectivity index (χ1v) is 8.41. The molecule has 1 unspecified atom stereocenters. The van der Waals surface area contributed by atoms with Crippen molar-refractivity contribution in [2.75, 3.05) is 0 Å². The van der Waals surface area contributed by atoms with Crippen molar-refractivity contribution in [2.45, 2.75) is 44.6 Å². The number of hydrogen-bond acceptors (Lipinski definition) is 4. The van der Waals surface area contributed by atoms with E-state index in [2.05, 4.69) is 9.98 Å². The van der Waals surface area contributed by atoms with Crippen molar-refractivity contribution in [3.8, 4) is 0 Å². The lowest BCUT2D eigenvalue weighted by Crippen LogP contribution is -2.50. The van der Waals surface area contributed by atoms with Crippen molar-refractivity contribution in [1.29, 1.82) is 0 Å². The summed E-state index contributed by atoms with van der Waals surface area (Å²) >= 11 is 0. The van der Waals surface area contributed by atoms with Crippen LogP contribution in [0.15, 0.2) is 46.8 Å². The van der Waals surface area contributed by atoms with Crippen LogP contribution in [0.3, 0.4) is 0 Å². The molecule has 1 aromatic rings. The molecule has 23 heavy (non-hydrogen) atoms. The summed E-state index contributed by atoms with van der Waals surface area (Å²) in [5.74, 6) is -0.115. The number of carbonyl (C=O) groups is 1. The molecule has 1 saturated carbocycles. The standard InChI is InChI=1S/C18H20N4O/c23-18-14-9-6-12-20-16(14)17(15-10-4-5-11-19-15)21-22(18)13-7-2-1-3-8-13/h4-6,10-14H,1-3,7-9H2. The van der Waals surface area contributed by atoms with Gasteiger partial charge in [0.25, 0.3) is 5.91 Å². The van der Waals surface area contributed by atoms with Crippen molar-refractivity contribution in [2.24, 2.45) is 16.0 Å². The maximum Gasteiger partial charge on any atom is 0.252 e. The minimum atomic E-state index is -0.212. The van der Waals surface area contributed by atoms with E-state index in [4.69, 9.17) is 5.10 Å². The monoisotopic (exact) mass is 308 g/mol. The van der Waals surface area contributed by atoms with Crippen LogP contribution in [0.4, 0.5) is 0 Å². The molecule has 3 heterocycles. The van der Waals surface area contributed by atoms with Crippen LogP contribution in [0.1, 0.15) is 44.2 Å². The third-order valence-electron chi connectivity index (χ3n) is 4.82. The zero-order valence-corrected chi connectivity index (χ0v) is 13.1. The van der Waals surface area contributed by atoms with Gasteiger partial charge in [0, 0.05) is 12.4 Å². The Morgan fingerprint density at radius 1 is 1.13 bits per heavy atom. The maximum atomic E-state index is 12.9. The molecular formula is C18H20N4O. The molecular weight excluding hydrogens is 288 g/mol. The zero-order chi connectivity index (χ0) is 15.6. The molecule has 1 amide bonds. The number of carbonyl (C=O) groups excluding carboxylic acids is 1. The van der Waals surface area contributed by atoms with Crippen LogP contribution in [0, 0.1) is 5.92 Å². The Morgan fingerprint density at radius 2 is 2.00 bits per heavy atom. The fourth-order valence-electron chi connectivity index (χ4n) is 3.62. The number of hydrogen-bond donors (Lipinski definition) is 0. The van der Waals surface area contributed by atoms with E-state index in [1.54, 1.807) is 17.4 Å². The van der Waals surface area contributed by atoms with Crippen LogP contribution in [-0.2, 0) is 4.79 Å². The molecule has 2 aliphatic heterocycles. The van der Waals surface area contributed by atoms with E-state index in [1.807, 2.05) is 24.3 Å². The van der Waals surface area contributed by atoms with Gasteiger partial charge in [-0.1, -0.05) is 31.4 Å². The molecule has 1 aromatic heterocycles. The number of pyridine rings is 1. The molecule has 4 rings (SSSR count). The van der Waals surface area contributed by atoms with Gasteiger partial charge < -0.3 is 0 Å². The van der Waals surface area contributed by atoms with E-state index < -0.39 is 0 Å². The summed E-state index contributed by atoms with van der Waals surface area (Å²) in [6.07, 6.45) is 11.9. The third-order valence-corrected chi connectivity index (χ3v) is 4.82. The Bertz CT molecular complexity index is 686. The summed E-state index contributed by atoms with van der Waals surface area (Å²) in [6.45, 7) is 0. The molecule has 0 saturated heterocycles. The molecule has 118 valence electrons. The van der Waals surface area contributed by atoms with Gasteiger partial charge in [0.05, 0.1) is 23.4 Å². The predicted octanol–water partition coefficient (Wildman–Crippen LogP) is 2.94. The summed E-state index contributed by atoms with van der Waals surface area (Å²) in [7, 11) is 0. The van der Waals surface area contributed by atoms with Gasteiger partial charge in [-0.2, -0.15) is 5.10 Å². The SMILES string of the molecule is O=C1C2CC=CN=C2C(c2ccccn2)=NN1C1CCCCC1. The summed E-state index contributed by atoms with van der Waals surface area (Å²) in [5, 5.41) is 6.46. The van der Waals surface area contributed by atoms with Gasteiger partial charge in [-0.05, 0) is 31.4 Å². The van der Waals surface area contributed by atoms with Gasteiger partial charge in [-0.25, -0.2) is 5.01 Å². The van der Waals surface area contributed by atoms with Crippen molar-refractivity contribution in [3.05, 3.63) is 42.4 Å². The predicted molar refractivity (Wildman–Crippen MR) is 89.2 cm³/mol. The van der Waals surface area contributed by atoms with Crippen molar-refractivity contribution in [3.63, 3.8) is 0 Å². The second kappa shape index (κ2) is 6.07. The molecule has 0 bridgehead atoms. The highest BCUT2D eigenvalue weighted by Gasteiger charge is 2.40. The quantitative estimate of drug-likeness (QED) is 0.843. The zero-order valence-electron chi connectivity index (χ0n) is 13.1. The second-order valence-corrected chi connectivity index (χ2v) is 6.33. The van der Waals surface area contributed by atoms with E-state index in [-0.39, 0.29) is 17.9 Å². The molecule has 1 fully saturated rings. The summed E-state index contributed by atoms with van der Waals surface area (Å²) in [4.78, 5) is 21.8. The minimum Gasteiger partial charge on any atom is -0.272 e. The lowest BCUT2D eigenvalue weighted by molar-refractivity contribution is -0.136. The second-order valence-electron chi connectivity index (χ2n) is 6.33. The van der Waals surface area contributed by atoms with Crippen LogP contribution in [0.5, 0.6) is 0 Å². The first kappa shape index (κ1) is 14.3. The summed E-state index contributed by atoms with van der Waals surface area (Å²) < 4.78 is 0. The van der Waals surface area contributed by atoms with Gasteiger partial charge in [-0.15, -0.1) is 0 Å². The normalized spacial score (nSPS) is 25.0. The highest BCUT2D eigenvalue weighted by atomic mass is 16.2. The van der Waals surface area contributed by atoms with Crippen molar-refractivity contribution >= 4 is 17.3 Å². The smallest absolute Gasteiger partial charge is 0.252 e. The van der Waals surface area contributed by atoms with Crippen molar-refractivity contribution in [1.82, 2.24) is 9.99 Å². The molecule has 0 aromatic carbocycles. The Kier molecular flexibility index (Phi) is 3.77. The third kappa shape index (κ3) is 2.60. The number of amides is 1. The Morgan fingerprint density at radius 3 is 2.78 bits per heavy atom. The first-order valence-electron chi connectivity index (χ1n) is 8.41. The first-order chi connectivity index (χ1) is 11.3. The van der Waals surface area contributed by atoms with E-state index in [0.29, 0.717) is 6.42 Å². The molecule has 0 N–H and O–H groups in total. The lowest BCUT2D eigenvalue weighted by atomic mass is 9.88. The number of aliphatic imine (C=N–C) groups is 1. The average molecular weight is 308 g/mol. The van der Waals surface area contributed by atoms with Gasteiger partial charge in [0.15, 0.2) is 0 Å². The van der Waals surface area contributed by atoms with Crippen LogP contribution in [-0.4, -0.2) is 33.4 Å². The number of rotatable bonds is 2.